The van der Waals surface area contributed by atoms with E-state index in [2.05, 4.69) is 48.7 Å². The Hall–Kier alpha value is -1.35. The fraction of sp³-hybridized carbons (Fsp3) is 0.500. The van der Waals surface area contributed by atoms with Gasteiger partial charge in [0, 0.05) is 43.3 Å². The molecule has 3 heteroatoms. The van der Waals surface area contributed by atoms with E-state index in [0.717, 1.165) is 30.9 Å². The maximum absolute atomic E-state index is 4.37. The summed E-state index contributed by atoms with van der Waals surface area (Å²) in [5.41, 5.74) is 4.69. The van der Waals surface area contributed by atoms with Crippen LogP contribution in [0.5, 0.6) is 0 Å². The topological polar surface area (TPSA) is 28.2 Å². The van der Waals surface area contributed by atoms with Crippen LogP contribution >= 0.6 is 0 Å². The predicted octanol–water partition coefficient (Wildman–Crippen LogP) is 2.51. The van der Waals surface area contributed by atoms with Crippen LogP contribution in [-0.2, 0) is 6.54 Å². The molecule has 0 amide bonds. The lowest BCUT2D eigenvalue weighted by Gasteiger charge is -2.23. The summed E-state index contributed by atoms with van der Waals surface area (Å²) in [5.74, 6) is 0. The summed E-state index contributed by atoms with van der Waals surface area (Å²) >= 11 is 0. The van der Waals surface area contributed by atoms with Crippen molar-refractivity contribution in [2.24, 2.45) is 0 Å². The van der Waals surface area contributed by atoms with Gasteiger partial charge in [0.05, 0.1) is 0 Å². The zero-order chi connectivity index (χ0) is 12.8. The number of pyridine rings is 1. The fourth-order valence-corrected chi connectivity index (χ4v) is 1.81. The fourth-order valence-electron chi connectivity index (χ4n) is 1.81. The third-order valence-corrected chi connectivity index (χ3v) is 2.58. The predicted molar refractivity (Wildman–Crippen MR) is 74.4 cm³/mol. The summed E-state index contributed by atoms with van der Waals surface area (Å²) in [7, 11) is 2.10. The zero-order valence-electron chi connectivity index (χ0n) is 11.4. The van der Waals surface area contributed by atoms with Crippen molar-refractivity contribution in [1.29, 1.82) is 0 Å². The largest absolute Gasteiger partial charge is 0.370 e. The summed E-state index contributed by atoms with van der Waals surface area (Å²) in [6, 6.07) is 2.13. The average molecular weight is 233 g/mol. The summed E-state index contributed by atoms with van der Waals surface area (Å²) in [4.78, 5) is 6.59. The molecular formula is C14H23N3. The van der Waals surface area contributed by atoms with Crippen LogP contribution in [0, 0.1) is 6.92 Å². The molecule has 1 rings (SSSR count). The van der Waals surface area contributed by atoms with Crippen molar-refractivity contribution in [1.82, 2.24) is 10.3 Å². The molecule has 0 bridgehead atoms. The molecule has 0 aliphatic carbocycles. The van der Waals surface area contributed by atoms with Gasteiger partial charge in [-0.1, -0.05) is 19.1 Å². The minimum Gasteiger partial charge on any atom is -0.370 e. The highest BCUT2D eigenvalue weighted by Crippen LogP contribution is 2.20. The minimum atomic E-state index is 0.861. The summed E-state index contributed by atoms with van der Waals surface area (Å²) in [6.07, 6.45) is 1.96. The molecule has 0 aromatic carbocycles. The molecule has 0 saturated carbocycles. The van der Waals surface area contributed by atoms with Gasteiger partial charge in [0.25, 0.3) is 0 Å². The van der Waals surface area contributed by atoms with E-state index in [4.69, 9.17) is 0 Å². The standard InChI is InChI=1S/C14H23N3/c1-6-15-8-13-9-16-12(4)7-14(13)17(5)10-11(2)3/h7,9,15H,2,6,8,10H2,1,3-5H3. The Morgan fingerprint density at radius 2 is 2.24 bits per heavy atom. The van der Waals surface area contributed by atoms with Gasteiger partial charge in [0.2, 0.25) is 0 Å². The van der Waals surface area contributed by atoms with E-state index in [0.29, 0.717) is 0 Å². The molecule has 0 atom stereocenters. The van der Waals surface area contributed by atoms with Gasteiger partial charge in [-0.15, -0.1) is 0 Å². The summed E-state index contributed by atoms with van der Waals surface area (Å²) in [5, 5.41) is 3.34. The van der Waals surface area contributed by atoms with Crippen molar-refractivity contribution in [2.45, 2.75) is 27.3 Å². The third kappa shape index (κ3) is 4.19. The highest BCUT2D eigenvalue weighted by Gasteiger charge is 2.08. The van der Waals surface area contributed by atoms with Gasteiger partial charge in [0.1, 0.15) is 0 Å². The van der Waals surface area contributed by atoms with Gasteiger partial charge in [-0.3, -0.25) is 4.98 Å². The molecule has 0 aliphatic rings. The molecular weight excluding hydrogens is 210 g/mol. The first-order chi connectivity index (χ1) is 8.04. The van der Waals surface area contributed by atoms with Crippen molar-refractivity contribution in [3.63, 3.8) is 0 Å². The molecule has 0 saturated heterocycles. The smallest absolute Gasteiger partial charge is 0.0445 e. The number of anilines is 1. The Balaban J connectivity index is 2.93. The number of hydrogen-bond acceptors (Lipinski definition) is 3. The normalized spacial score (nSPS) is 10.4. The van der Waals surface area contributed by atoms with Crippen LogP contribution in [0.4, 0.5) is 5.69 Å². The van der Waals surface area contributed by atoms with Crippen molar-refractivity contribution in [3.8, 4) is 0 Å². The van der Waals surface area contributed by atoms with Crippen LogP contribution in [0.2, 0.25) is 0 Å². The van der Waals surface area contributed by atoms with Crippen LogP contribution in [0.25, 0.3) is 0 Å². The molecule has 3 nitrogen and oxygen atoms in total. The lowest BCUT2D eigenvalue weighted by atomic mass is 10.1. The number of likely N-dealkylation sites (N-methyl/N-ethyl adjacent to an activating group) is 1. The maximum atomic E-state index is 4.37. The summed E-state index contributed by atoms with van der Waals surface area (Å²) < 4.78 is 0. The van der Waals surface area contributed by atoms with Gasteiger partial charge < -0.3 is 10.2 Å². The van der Waals surface area contributed by atoms with Crippen LogP contribution in [0.15, 0.2) is 24.4 Å². The molecule has 0 radical (unpaired) electrons. The lowest BCUT2D eigenvalue weighted by Crippen LogP contribution is -2.23. The lowest BCUT2D eigenvalue weighted by molar-refractivity contribution is 0.721. The zero-order valence-corrected chi connectivity index (χ0v) is 11.4. The Kier molecular flexibility index (Phi) is 5.16. The van der Waals surface area contributed by atoms with E-state index in [-0.39, 0.29) is 0 Å². The number of nitrogens with one attached hydrogen (secondary N) is 1. The number of hydrogen-bond donors (Lipinski definition) is 1. The van der Waals surface area contributed by atoms with Crippen molar-refractivity contribution in [2.75, 3.05) is 25.0 Å². The molecule has 0 spiro atoms. The van der Waals surface area contributed by atoms with Crippen LogP contribution in [0.3, 0.4) is 0 Å². The number of aromatic nitrogens is 1. The molecule has 1 N–H and O–H groups in total. The monoisotopic (exact) mass is 233 g/mol. The van der Waals surface area contributed by atoms with Crippen molar-refractivity contribution < 1.29 is 0 Å². The molecule has 17 heavy (non-hydrogen) atoms. The second-order valence-corrected chi connectivity index (χ2v) is 4.55. The summed E-state index contributed by atoms with van der Waals surface area (Å²) in [6.45, 7) is 12.9. The quantitative estimate of drug-likeness (QED) is 0.765. The van der Waals surface area contributed by atoms with Crippen LogP contribution in [-0.4, -0.2) is 25.1 Å². The van der Waals surface area contributed by atoms with Gasteiger partial charge in [-0.2, -0.15) is 0 Å². The van der Waals surface area contributed by atoms with Crippen molar-refractivity contribution >= 4 is 5.69 Å². The second kappa shape index (κ2) is 6.40. The Labute approximate surface area is 105 Å². The average Bonchev–Trinajstić information content (AvgIpc) is 2.26. The molecule has 1 aromatic heterocycles. The molecule has 0 aliphatic heterocycles. The van der Waals surface area contributed by atoms with Gasteiger partial charge in [0.15, 0.2) is 0 Å². The number of rotatable bonds is 6. The van der Waals surface area contributed by atoms with E-state index in [9.17, 15) is 0 Å². The van der Waals surface area contributed by atoms with E-state index in [1.54, 1.807) is 0 Å². The molecule has 1 heterocycles. The minimum absolute atomic E-state index is 0.861. The highest BCUT2D eigenvalue weighted by molar-refractivity contribution is 5.53. The first kappa shape index (κ1) is 13.7. The molecule has 0 fully saturated rings. The Morgan fingerprint density at radius 3 is 2.82 bits per heavy atom. The maximum Gasteiger partial charge on any atom is 0.0445 e. The van der Waals surface area contributed by atoms with Crippen LogP contribution < -0.4 is 10.2 Å². The third-order valence-electron chi connectivity index (χ3n) is 2.58. The van der Waals surface area contributed by atoms with Gasteiger partial charge in [-0.05, 0) is 26.5 Å². The van der Waals surface area contributed by atoms with E-state index in [1.165, 1.54) is 11.3 Å². The molecule has 0 unspecified atom stereocenters. The van der Waals surface area contributed by atoms with E-state index >= 15 is 0 Å². The number of nitrogens with zero attached hydrogens (tertiary/aromatic N) is 2. The molecule has 94 valence electrons. The first-order valence-electron chi connectivity index (χ1n) is 6.06. The highest BCUT2D eigenvalue weighted by atomic mass is 15.1. The first-order valence-corrected chi connectivity index (χ1v) is 6.06. The SMILES string of the molecule is C=C(C)CN(C)c1cc(C)ncc1CNCC. The van der Waals surface area contributed by atoms with Crippen LogP contribution in [0.1, 0.15) is 25.1 Å². The van der Waals surface area contributed by atoms with Gasteiger partial charge >= 0.3 is 0 Å². The van der Waals surface area contributed by atoms with Crippen molar-refractivity contribution in [3.05, 3.63) is 35.7 Å². The number of aryl methyl sites for hydroxylation is 1. The van der Waals surface area contributed by atoms with Gasteiger partial charge in [-0.25, -0.2) is 0 Å². The Morgan fingerprint density at radius 1 is 1.53 bits per heavy atom. The van der Waals surface area contributed by atoms with E-state index in [1.807, 2.05) is 13.1 Å². The molecule has 1 aromatic rings. The van der Waals surface area contributed by atoms with E-state index < -0.39 is 0 Å². The second-order valence-electron chi connectivity index (χ2n) is 4.55. The Bertz CT molecular complexity index is 385.